The summed E-state index contributed by atoms with van der Waals surface area (Å²) in [4.78, 5) is 11.0. The number of benzene rings is 2. The van der Waals surface area contributed by atoms with Crippen LogP contribution in [0.15, 0.2) is 71.4 Å². The molecular weight excluding hydrogens is 346 g/mol. The Morgan fingerprint density at radius 2 is 1.44 bits per heavy atom. The Labute approximate surface area is 158 Å². The molecule has 0 bridgehead atoms. The number of nitrogens with zero attached hydrogens (tertiary/aromatic N) is 2. The molecule has 0 fully saturated rings. The van der Waals surface area contributed by atoms with E-state index < -0.39 is 0 Å². The van der Waals surface area contributed by atoms with E-state index >= 15 is 0 Å². The molecule has 0 aliphatic rings. The standard InChI is InChI=1S/C20H23N3O4/c1-3-20(24)21-12-13-26-18-8-4-16(5-9-18)22-23-17-6-10-19(11-7-17)27-15-14-25-2/h3-11H,1,12-15H2,2H3,(H,21,24). The zero-order chi connectivity index (χ0) is 19.3. The molecule has 2 aromatic carbocycles. The quantitative estimate of drug-likeness (QED) is 0.371. The summed E-state index contributed by atoms with van der Waals surface area (Å²) in [6.07, 6.45) is 1.22. The van der Waals surface area contributed by atoms with Gasteiger partial charge in [0, 0.05) is 7.11 Å². The summed E-state index contributed by atoms with van der Waals surface area (Å²) in [6, 6.07) is 14.6. The first kappa shape index (κ1) is 20.1. The molecule has 2 rings (SSSR count). The van der Waals surface area contributed by atoms with Gasteiger partial charge in [0.15, 0.2) is 0 Å². The van der Waals surface area contributed by atoms with Crippen molar-refractivity contribution in [1.29, 1.82) is 0 Å². The average Bonchev–Trinajstić information content (AvgIpc) is 2.71. The minimum Gasteiger partial charge on any atom is -0.492 e. The van der Waals surface area contributed by atoms with Crippen LogP contribution in [-0.2, 0) is 9.53 Å². The summed E-state index contributed by atoms with van der Waals surface area (Å²) in [5.74, 6) is 1.24. The lowest BCUT2D eigenvalue weighted by Gasteiger charge is -2.06. The van der Waals surface area contributed by atoms with E-state index in [1.54, 1.807) is 19.2 Å². The summed E-state index contributed by atoms with van der Waals surface area (Å²) in [5, 5.41) is 11.0. The molecule has 0 unspecified atom stereocenters. The van der Waals surface area contributed by atoms with Gasteiger partial charge in [-0.25, -0.2) is 0 Å². The molecule has 0 saturated carbocycles. The van der Waals surface area contributed by atoms with Gasteiger partial charge in [0.1, 0.15) is 24.7 Å². The highest BCUT2D eigenvalue weighted by molar-refractivity contribution is 5.86. The molecule has 2 aromatic rings. The molecule has 142 valence electrons. The smallest absolute Gasteiger partial charge is 0.243 e. The van der Waals surface area contributed by atoms with E-state index in [-0.39, 0.29) is 5.91 Å². The van der Waals surface area contributed by atoms with E-state index in [1.807, 2.05) is 36.4 Å². The molecular formula is C20H23N3O4. The predicted octanol–water partition coefficient (Wildman–Crippen LogP) is 3.81. The zero-order valence-electron chi connectivity index (χ0n) is 15.3. The molecule has 1 amide bonds. The molecule has 7 heteroatoms. The largest absolute Gasteiger partial charge is 0.492 e. The summed E-state index contributed by atoms with van der Waals surface area (Å²) < 4.78 is 16.0. The number of carbonyl (C=O) groups is 1. The maximum Gasteiger partial charge on any atom is 0.243 e. The molecule has 0 aliphatic heterocycles. The highest BCUT2D eigenvalue weighted by Crippen LogP contribution is 2.23. The number of rotatable bonds is 11. The van der Waals surface area contributed by atoms with Crippen LogP contribution in [0.1, 0.15) is 0 Å². The molecule has 0 heterocycles. The van der Waals surface area contributed by atoms with Gasteiger partial charge in [-0.05, 0) is 54.6 Å². The van der Waals surface area contributed by atoms with Gasteiger partial charge in [0.25, 0.3) is 0 Å². The van der Waals surface area contributed by atoms with Crippen molar-refractivity contribution < 1.29 is 19.0 Å². The van der Waals surface area contributed by atoms with E-state index in [1.165, 1.54) is 6.08 Å². The minimum absolute atomic E-state index is 0.219. The molecule has 27 heavy (non-hydrogen) atoms. The third kappa shape index (κ3) is 7.70. The van der Waals surface area contributed by atoms with Crippen LogP contribution in [0.3, 0.4) is 0 Å². The summed E-state index contributed by atoms with van der Waals surface area (Å²) >= 11 is 0. The van der Waals surface area contributed by atoms with Gasteiger partial charge in [0.05, 0.1) is 24.5 Å². The summed E-state index contributed by atoms with van der Waals surface area (Å²) in [7, 11) is 1.63. The molecule has 0 aromatic heterocycles. The van der Waals surface area contributed by atoms with Crippen LogP contribution in [0.25, 0.3) is 0 Å². The van der Waals surface area contributed by atoms with Gasteiger partial charge in [-0.1, -0.05) is 6.58 Å². The van der Waals surface area contributed by atoms with Crippen molar-refractivity contribution in [2.24, 2.45) is 10.2 Å². The maximum atomic E-state index is 11.0. The number of hydrogen-bond acceptors (Lipinski definition) is 6. The van der Waals surface area contributed by atoms with E-state index in [0.717, 1.165) is 11.4 Å². The molecule has 7 nitrogen and oxygen atoms in total. The first-order valence-electron chi connectivity index (χ1n) is 8.48. The van der Waals surface area contributed by atoms with Crippen molar-refractivity contribution in [3.63, 3.8) is 0 Å². The molecule has 0 spiro atoms. The fourth-order valence-electron chi connectivity index (χ4n) is 1.99. The van der Waals surface area contributed by atoms with Crippen molar-refractivity contribution >= 4 is 17.3 Å². The topological polar surface area (TPSA) is 81.5 Å². The maximum absolute atomic E-state index is 11.0. The molecule has 1 N–H and O–H groups in total. The summed E-state index contributed by atoms with van der Waals surface area (Å²) in [5.41, 5.74) is 1.44. The number of methoxy groups -OCH3 is 1. The molecule has 0 aliphatic carbocycles. The van der Waals surface area contributed by atoms with Gasteiger partial charge >= 0.3 is 0 Å². The first-order valence-corrected chi connectivity index (χ1v) is 8.48. The number of ether oxygens (including phenoxy) is 3. The number of nitrogens with one attached hydrogen (secondary N) is 1. The van der Waals surface area contributed by atoms with Crippen molar-refractivity contribution in [2.45, 2.75) is 0 Å². The van der Waals surface area contributed by atoms with Crippen molar-refractivity contribution in [3.8, 4) is 11.5 Å². The third-order valence-corrected chi connectivity index (χ3v) is 3.37. The van der Waals surface area contributed by atoms with Crippen molar-refractivity contribution in [3.05, 3.63) is 61.2 Å². The Morgan fingerprint density at radius 3 is 1.93 bits per heavy atom. The van der Waals surface area contributed by atoms with Crippen LogP contribution >= 0.6 is 0 Å². The zero-order valence-corrected chi connectivity index (χ0v) is 15.3. The second-order valence-electron chi connectivity index (χ2n) is 5.37. The van der Waals surface area contributed by atoms with E-state index in [2.05, 4.69) is 22.1 Å². The van der Waals surface area contributed by atoms with Gasteiger partial charge in [0.2, 0.25) is 5.91 Å². The summed E-state index contributed by atoms with van der Waals surface area (Å²) in [6.45, 7) is 5.22. The predicted molar refractivity (Wildman–Crippen MR) is 103 cm³/mol. The molecule has 0 radical (unpaired) electrons. The van der Waals surface area contributed by atoms with Crippen LogP contribution in [0.5, 0.6) is 11.5 Å². The Hall–Kier alpha value is -3.19. The lowest BCUT2D eigenvalue weighted by Crippen LogP contribution is -2.26. The Balaban J connectivity index is 1.79. The fraction of sp³-hybridized carbons (Fsp3) is 0.250. The van der Waals surface area contributed by atoms with Gasteiger partial charge < -0.3 is 19.5 Å². The fourth-order valence-corrected chi connectivity index (χ4v) is 1.99. The number of amides is 1. The van der Waals surface area contributed by atoms with Gasteiger partial charge in [-0.3, -0.25) is 4.79 Å². The van der Waals surface area contributed by atoms with Crippen LogP contribution < -0.4 is 14.8 Å². The Kier molecular flexibility index (Phi) is 8.52. The highest BCUT2D eigenvalue weighted by atomic mass is 16.5. The molecule has 0 atom stereocenters. The number of azo groups is 1. The highest BCUT2D eigenvalue weighted by Gasteiger charge is 1.98. The van der Waals surface area contributed by atoms with Crippen molar-refractivity contribution in [1.82, 2.24) is 5.32 Å². The Morgan fingerprint density at radius 1 is 0.926 bits per heavy atom. The number of hydrogen-bond donors (Lipinski definition) is 1. The van der Waals surface area contributed by atoms with Gasteiger partial charge in [-0.15, -0.1) is 0 Å². The monoisotopic (exact) mass is 369 g/mol. The van der Waals surface area contributed by atoms with Crippen LogP contribution in [-0.4, -0.2) is 39.4 Å². The SMILES string of the molecule is C=CC(=O)NCCOc1ccc(N=Nc2ccc(OCCOC)cc2)cc1. The third-order valence-electron chi connectivity index (χ3n) is 3.37. The minimum atomic E-state index is -0.219. The Bertz CT molecular complexity index is 743. The second-order valence-corrected chi connectivity index (χ2v) is 5.37. The van der Waals surface area contributed by atoms with Crippen molar-refractivity contribution in [2.75, 3.05) is 33.5 Å². The van der Waals surface area contributed by atoms with E-state index in [4.69, 9.17) is 14.2 Å². The average molecular weight is 369 g/mol. The van der Waals surface area contributed by atoms with Crippen LogP contribution in [0, 0.1) is 0 Å². The first-order chi connectivity index (χ1) is 13.2. The lowest BCUT2D eigenvalue weighted by molar-refractivity contribution is -0.116. The van der Waals surface area contributed by atoms with Gasteiger partial charge in [-0.2, -0.15) is 10.2 Å². The molecule has 0 saturated heterocycles. The second kappa shape index (κ2) is 11.4. The lowest BCUT2D eigenvalue weighted by atomic mass is 10.3. The van der Waals surface area contributed by atoms with Crippen LogP contribution in [0.2, 0.25) is 0 Å². The van der Waals surface area contributed by atoms with Crippen LogP contribution in [0.4, 0.5) is 11.4 Å². The number of carbonyl (C=O) groups excluding carboxylic acids is 1. The van der Waals surface area contributed by atoms with E-state index in [0.29, 0.717) is 37.8 Å². The van der Waals surface area contributed by atoms with E-state index in [9.17, 15) is 4.79 Å². The normalized spacial score (nSPS) is 10.6.